The maximum atomic E-state index is 12.8. The first-order valence-corrected chi connectivity index (χ1v) is 10.4. The van der Waals surface area contributed by atoms with Gasteiger partial charge < -0.3 is 5.32 Å². The minimum atomic E-state index is 0.0288. The van der Waals surface area contributed by atoms with Gasteiger partial charge in [-0.15, -0.1) is 11.8 Å². The number of amides is 1. The van der Waals surface area contributed by atoms with E-state index in [9.17, 15) is 4.79 Å². The molecule has 0 unspecified atom stereocenters. The average Bonchev–Trinajstić information content (AvgIpc) is 2.66. The lowest BCUT2D eigenvalue weighted by atomic mass is 9.88. The van der Waals surface area contributed by atoms with E-state index in [1.165, 1.54) is 42.4 Å². The zero-order valence-electron chi connectivity index (χ0n) is 15.2. The lowest BCUT2D eigenvalue weighted by molar-refractivity contribution is 0.0932. The van der Waals surface area contributed by atoms with E-state index >= 15 is 0 Å². The molecule has 2 nitrogen and oxygen atoms in total. The van der Waals surface area contributed by atoms with Gasteiger partial charge in [0.25, 0.3) is 5.91 Å². The van der Waals surface area contributed by atoms with Crippen LogP contribution in [0, 0.1) is 0 Å². The molecule has 25 heavy (non-hydrogen) atoms. The van der Waals surface area contributed by atoms with Crippen molar-refractivity contribution in [2.24, 2.45) is 0 Å². The SMILES string of the molecule is CCSc1ccccc1C(=O)N[C@@H](CC)c1ccc2c(c1)CCCC2. The fourth-order valence-electron chi connectivity index (χ4n) is 3.56. The van der Waals surface area contributed by atoms with Gasteiger partial charge in [-0.2, -0.15) is 0 Å². The third-order valence-corrected chi connectivity index (χ3v) is 5.88. The number of fused-ring (bicyclic) bond motifs is 1. The largest absolute Gasteiger partial charge is 0.345 e. The number of carbonyl (C=O) groups excluding carboxylic acids is 1. The lowest BCUT2D eigenvalue weighted by Gasteiger charge is -2.22. The predicted octanol–water partition coefficient (Wildman–Crippen LogP) is 5.56. The number of carbonyl (C=O) groups is 1. The molecular weight excluding hydrogens is 326 g/mol. The molecule has 1 aliphatic carbocycles. The number of aryl methyl sites for hydroxylation is 2. The van der Waals surface area contributed by atoms with Gasteiger partial charge in [0.15, 0.2) is 0 Å². The molecule has 0 saturated carbocycles. The molecule has 1 N–H and O–H groups in total. The summed E-state index contributed by atoms with van der Waals surface area (Å²) in [6.45, 7) is 4.25. The van der Waals surface area contributed by atoms with Gasteiger partial charge in [-0.3, -0.25) is 4.79 Å². The molecule has 1 atom stereocenters. The van der Waals surface area contributed by atoms with E-state index in [1.807, 2.05) is 24.3 Å². The topological polar surface area (TPSA) is 29.1 Å². The molecule has 0 fully saturated rings. The molecule has 2 aromatic carbocycles. The summed E-state index contributed by atoms with van der Waals surface area (Å²) in [6.07, 6.45) is 5.84. The van der Waals surface area contributed by atoms with Crippen molar-refractivity contribution in [1.82, 2.24) is 5.32 Å². The summed E-state index contributed by atoms with van der Waals surface area (Å²) in [6, 6.07) is 14.7. The van der Waals surface area contributed by atoms with Crippen molar-refractivity contribution in [3.8, 4) is 0 Å². The number of thioether (sulfide) groups is 1. The predicted molar refractivity (Wildman–Crippen MR) is 106 cm³/mol. The van der Waals surface area contributed by atoms with Crippen LogP contribution in [0.3, 0.4) is 0 Å². The van der Waals surface area contributed by atoms with Gasteiger partial charge in [0.2, 0.25) is 0 Å². The highest BCUT2D eigenvalue weighted by Gasteiger charge is 2.18. The Labute approximate surface area is 155 Å². The maximum Gasteiger partial charge on any atom is 0.252 e. The van der Waals surface area contributed by atoms with Crippen LogP contribution in [0.5, 0.6) is 0 Å². The van der Waals surface area contributed by atoms with Gasteiger partial charge >= 0.3 is 0 Å². The van der Waals surface area contributed by atoms with Crippen LogP contribution >= 0.6 is 11.8 Å². The van der Waals surface area contributed by atoms with Crippen LogP contribution in [-0.4, -0.2) is 11.7 Å². The maximum absolute atomic E-state index is 12.8. The first kappa shape index (κ1) is 18.1. The minimum Gasteiger partial charge on any atom is -0.345 e. The van der Waals surface area contributed by atoms with Crippen LogP contribution in [0.1, 0.15) is 66.2 Å². The van der Waals surface area contributed by atoms with Crippen molar-refractivity contribution in [3.63, 3.8) is 0 Å². The van der Waals surface area contributed by atoms with Crippen LogP contribution in [0.4, 0.5) is 0 Å². The number of rotatable bonds is 6. The Kier molecular flexibility index (Phi) is 6.19. The molecule has 3 heteroatoms. The molecule has 2 aromatic rings. The van der Waals surface area contributed by atoms with E-state index in [4.69, 9.17) is 0 Å². The summed E-state index contributed by atoms with van der Waals surface area (Å²) >= 11 is 1.72. The van der Waals surface area contributed by atoms with Gasteiger partial charge in [-0.05, 0) is 66.7 Å². The molecule has 132 valence electrons. The summed E-state index contributed by atoms with van der Waals surface area (Å²) in [4.78, 5) is 13.9. The molecule has 1 amide bonds. The molecule has 0 aliphatic heterocycles. The van der Waals surface area contributed by atoms with Crippen molar-refractivity contribution in [1.29, 1.82) is 0 Å². The summed E-state index contributed by atoms with van der Waals surface area (Å²) in [5.41, 5.74) is 4.97. The monoisotopic (exact) mass is 353 g/mol. The van der Waals surface area contributed by atoms with E-state index in [0.29, 0.717) is 0 Å². The Hall–Kier alpha value is -1.74. The zero-order valence-corrected chi connectivity index (χ0v) is 16.0. The van der Waals surface area contributed by atoms with Crippen molar-refractivity contribution in [2.45, 2.75) is 56.9 Å². The van der Waals surface area contributed by atoms with Gasteiger partial charge in [0, 0.05) is 4.90 Å². The van der Waals surface area contributed by atoms with Crippen LogP contribution in [0.15, 0.2) is 47.4 Å². The van der Waals surface area contributed by atoms with Crippen LogP contribution in [0.25, 0.3) is 0 Å². The number of hydrogen-bond acceptors (Lipinski definition) is 2. The average molecular weight is 354 g/mol. The zero-order chi connectivity index (χ0) is 17.6. The highest BCUT2D eigenvalue weighted by Crippen LogP contribution is 2.27. The Balaban J connectivity index is 1.79. The van der Waals surface area contributed by atoms with E-state index in [1.54, 1.807) is 11.8 Å². The van der Waals surface area contributed by atoms with E-state index in [0.717, 1.165) is 22.6 Å². The van der Waals surface area contributed by atoms with E-state index < -0.39 is 0 Å². The molecule has 0 heterocycles. The van der Waals surface area contributed by atoms with Gasteiger partial charge in [0.1, 0.15) is 0 Å². The van der Waals surface area contributed by atoms with Crippen molar-refractivity contribution in [3.05, 3.63) is 64.7 Å². The fraction of sp³-hybridized carbons (Fsp3) is 0.409. The molecule has 0 saturated heterocycles. The van der Waals surface area contributed by atoms with Crippen LogP contribution in [-0.2, 0) is 12.8 Å². The highest BCUT2D eigenvalue weighted by atomic mass is 32.2. The van der Waals surface area contributed by atoms with Crippen molar-refractivity contribution < 1.29 is 4.79 Å². The van der Waals surface area contributed by atoms with Gasteiger partial charge in [-0.1, -0.05) is 44.2 Å². The molecule has 0 bridgehead atoms. The smallest absolute Gasteiger partial charge is 0.252 e. The van der Waals surface area contributed by atoms with Crippen molar-refractivity contribution in [2.75, 3.05) is 5.75 Å². The second-order valence-corrected chi connectivity index (χ2v) is 7.90. The number of nitrogens with one attached hydrogen (secondary N) is 1. The molecule has 1 aliphatic rings. The van der Waals surface area contributed by atoms with Crippen molar-refractivity contribution >= 4 is 17.7 Å². The Bertz CT molecular complexity index is 741. The normalized spacial score (nSPS) is 14.6. The van der Waals surface area contributed by atoms with Gasteiger partial charge in [0.05, 0.1) is 11.6 Å². The highest BCUT2D eigenvalue weighted by molar-refractivity contribution is 7.99. The second-order valence-electron chi connectivity index (χ2n) is 6.60. The molecule has 0 radical (unpaired) electrons. The summed E-state index contributed by atoms with van der Waals surface area (Å²) in [5, 5.41) is 3.25. The summed E-state index contributed by atoms with van der Waals surface area (Å²) in [7, 11) is 0. The Morgan fingerprint density at radius 3 is 2.60 bits per heavy atom. The van der Waals surface area contributed by atoms with E-state index in [-0.39, 0.29) is 11.9 Å². The summed E-state index contributed by atoms with van der Waals surface area (Å²) in [5.74, 6) is 0.993. The van der Waals surface area contributed by atoms with Gasteiger partial charge in [-0.25, -0.2) is 0 Å². The lowest BCUT2D eigenvalue weighted by Crippen LogP contribution is -2.28. The quantitative estimate of drug-likeness (QED) is 0.689. The molecule has 0 aromatic heterocycles. The molecular formula is C22H27NOS. The first-order chi connectivity index (χ1) is 12.2. The molecule has 0 spiro atoms. The van der Waals surface area contributed by atoms with Crippen LogP contribution in [0.2, 0.25) is 0 Å². The standard InChI is InChI=1S/C22H27NOS/c1-3-20(18-14-13-16-9-5-6-10-17(16)15-18)23-22(24)19-11-7-8-12-21(19)25-4-2/h7-8,11-15,20H,3-6,9-10H2,1-2H3,(H,23,24)/t20-/m0/s1. The van der Waals surface area contributed by atoms with E-state index in [2.05, 4.69) is 37.4 Å². The molecule has 3 rings (SSSR count). The number of benzene rings is 2. The summed E-state index contributed by atoms with van der Waals surface area (Å²) < 4.78 is 0. The second kappa shape index (κ2) is 8.57. The number of hydrogen-bond donors (Lipinski definition) is 1. The third-order valence-electron chi connectivity index (χ3n) is 4.92. The fourth-order valence-corrected chi connectivity index (χ4v) is 4.36. The van der Waals surface area contributed by atoms with Crippen LogP contribution < -0.4 is 5.32 Å². The Morgan fingerprint density at radius 2 is 1.84 bits per heavy atom. The first-order valence-electron chi connectivity index (χ1n) is 9.37. The minimum absolute atomic E-state index is 0.0288. The third kappa shape index (κ3) is 4.27. The Morgan fingerprint density at radius 1 is 1.08 bits per heavy atom.